The molecule has 12 rings (SSSR count). The summed E-state index contributed by atoms with van der Waals surface area (Å²) in [6.07, 6.45) is 0. The molecule has 0 spiro atoms. The minimum absolute atomic E-state index is 0.569. The van der Waals surface area contributed by atoms with Crippen molar-refractivity contribution in [2.75, 3.05) is 0 Å². The second-order valence-corrected chi connectivity index (χ2v) is 15.5. The van der Waals surface area contributed by atoms with Gasteiger partial charge in [0.15, 0.2) is 11.6 Å². The standard InChI is InChI=1S/C51H30N4OS/c1-2-12-31(13-3-1)32-14-10-15-33(28-32)34-16-11-17-35(29-34)49-52-50(36-24-27-45-42(30-36)38-19-5-8-22-44(38)56-45)54-51(53-49)55-43-21-7-4-18-37(43)40-25-26-41-39-20-6-9-23-46(39)57-48(41)47(40)55/h1-30H. The zero-order chi connectivity index (χ0) is 37.5. The van der Waals surface area contributed by atoms with E-state index in [0.29, 0.717) is 17.6 Å². The number of para-hydroxylation sites is 2. The Bertz CT molecular complexity index is 3540. The Morgan fingerprint density at radius 3 is 1.81 bits per heavy atom. The average Bonchev–Trinajstić information content (AvgIpc) is 3.96. The van der Waals surface area contributed by atoms with E-state index in [-0.39, 0.29) is 0 Å². The van der Waals surface area contributed by atoms with Crippen molar-refractivity contribution in [2.45, 2.75) is 0 Å². The van der Waals surface area contributed by atoms with E-state index in [1.165, 1.54) is 36.7 Å². The van der Waals surface area contributed by atoms with Crippen LogP contribution in [0.3, 0.4) is 0 Å². The molecule has 0 saturated carbocycles. The predicted octanol–water partition coefficient (Wildman–Crippen LogP) is 13.9. The molecule has 0 aliphatic heterocycles. The number of nitrogens with zero attached hydrogens (tertiary/aromatic N) is 4. The van der Waals surface area contributed by atoms with E-state index < -0.39 is 0 Å². The normalized spacial score (nSPS) is 11.9. The highest BCUT2D eigenvalue weighted by Crippen LogP contribution is 2.43. The van der Waals surface area contributed by atoms with Crippen molar-refractivity contribution >= 4 is 75.3 Å². The molecule has 0 atom stereocenters. The summed E-state index contributed by atoms with van der Waals surface area (Å²) in [4.78, 5) is 16.0. The van der Waals surface area contributed by atoms with E-state index in [2.05, 4.69) is 156 Å². The Kier molecular flexibility index (Phi) is 7.03. The zero-order valence-corrected chi connectivity index (χ0v) is 31.2. The highest BCUT2D eigenvalue weighted by atomic mass is 32.1. The summed E-state index contributed by atoms with van der Waals surface area (Å²) in [6, 6.07) is 63.8. The first-order chi connectivity index (χ1) is 28.2. The molecule has 5 nitrogen and oxygen atoms in total. The highest BCUT2D eigenvalue weighted by molar-refractivity contribution is 7.26. The topological polar surface area (TPSA) is 56.7 Å². The largest absolute Gasteiger partial charge is 0.456 e. The molecule has 0 saturated heterocycles. The number of aromatic nitrogens is 4. The number of thiophene rings is 1. The van der Waals surface area contributed by atoms with Gasteiger partial charge in [-0.3, -0.25) is 4.57 Å². The molecule has 6 heteroatoms. The van der Waals surface area contributed by atoms with Crippen molar-refractivity contribution < 1.29 is 4.42 Å². The first kappa shape index (κ1) is 31.9. The molecular weight excluding hydrogens is 717 g/mol. The van der Waals surface area contributed by atoms with Gasteiger partial charge >= 0.3 is 0 Å². The van der Waals surface area contributed by atoms with Gasteiger partial charge in [-0.25, -0.2) is 4.98 Å². The average molecular weight is 747 g/mol. The Hall–Kier alpha value is -7.41. The number of furan rings is 1. The minimum Gasteiger partial charge on any atom is -0.456 e. The van der Waals surface area contributed by atoms with E-state index in [1.807, 2.05) is 41.7 Å². The van der Waals surface area contributed by atoms with E-state index in [9.17, 15) is 0 Å². The van der Waals surface area contributed by atoms with Crippen LogP contribution < -0.4 is 0 Å². The molecule has 0 aliphatic rings. The molecule has 266 valence electrons. The summed E-state index contributed by atoms with van der Waals surface area (Å²) >= 11 is 1.82. The number of benzene rings is 8. The minimum atomic E-state index is 0.569. The zero-order valence-electron chi connectivity index (χ0n) is 30.4. The summed E-state index contributed by atoms with van der Waals surface area (Å²) in [6.45, 7) is 0. The van der Waals surface area contributed by atoms with E-state index in [1.54, 1.807) is 0 Å². The lowest BCUT2D eigenvalue weighted by Crippen LogP contribution is -2.06. The van der Waals surface area contributed by atoms with E-state index >= 15 is 0 Å². The lowest BCUT2D eigenvalue weighted by atomic mass is 9.98. The molecule has 0 radical (unpaired) electrons. The van der Waals surface area contributed by atoms with Crippen LogP contribution in [0.1, 0.15) is 0 Å². The van der Waals surface area contributed by atoms with Gasteiger partial charge in [0.1, 0.15) is 11.2 Å². The van der Waals surface area contributed by atoms with Crippen LogP contribution in [-0.4, -0.2) is 19.5 Å². The number of fused-ring (bicyclic) bond motifs is 10. The van der Waals surface area contributed by atoms with Gasteiger partial charge in [-0.2, -0.15) is 9.97 Å². The maximum atomic E-state index is 6.22. The van der Waals surface area contributed by atoms with E-state index in [0.717, 1.165) is 60.6 Å². The first-order valence-corrected chi connectivity index (χ1v) is 19.8. The van der Waals surface area contributed by atoms with Gasteiger partial charge in [0.2, 0.25) is 5.95 Å². The molecule has 57 heavy (non-hydrogen) atoms. The molecule has 0 N–H and O–H groups in total. The van der Waals surface area contributed by atoms with Crippen molar-refractivity contribution in [1.29, 1.82) is 0 Å². The smallest absolute Gasteiger partial charge is 0.238 e. The predicted molar refractivity (Wildman–Crippen MR) is 236 cm³/mol. The molecular formula is C51H30N4OS. The van der Waals surface area contributed by atoms with Crippen LogP contribution in [0.5, 0.6) is 0 Å². The summed E-state index contributed by atoms with van der Waals surface area (Å²) in [5, 5.41) is 6.88. The molecule has 0 amide bonds. The molecule has 0 fully saturated rings. The van der Waals surface area contributed by atoms with Gasteiger partial charge in [-0.05, 0) is 70.8 Å². The van der Waals surface area contributed by atoms with E-state index in [4.69, 9.17) is 19.4 Å². The molecule has 4 aromatic heterocycles. The number of hydrogen-bond acceptors (Lipinski definition) is 5. The van der Waals surface area contributed by atoms with Gasteiger partial charge in [-0.15, -0.1) is 11.3 Å². The summed E-state index contributed by atoms with van der Waals surface area (Å²) < 4.78 is 10.9. The second-order valence-electron chi connectivity index (χ2n) is 14.4. The van der Waals surface area contributed by atoms with Crippen LogP contribution in [0.2, 0.25) is 0 Å². The summed E-state index contributed by atoms with van der Waals surface area (Å²) in [5.41, 5.74) is 10.2. The maximum Gasteiger partial charge on any atom is 0.238 e. The fourth-order valence-electron chi connectivity index (χ4n) is 8.37. The third-order valence-corrected chi connectivity index (χ3v) is 12.3. The number of hydrogen-bond donors (Lipinski definition) is 0. The van der Waals surface area contributed by atoms with Crippen LogP contribution in [-0.2, 0) is 0 Å². The van der Waals surface area contributed by atoms with Crippen LogP contribution in [0, 0.1) is 0 Å². The van der Waals surface area contributed by atoms with Gasteiger partial charge in [-0.1, -0.05) is 133 Å². The van der Waals surface area contributed by atoms with Crippen molar-refractivity contribution in [3.05, 3.63) is 182 Å². The molecule has 0 bridgehead atoms. The Morgan fingerprint density at radius 1 is 0.386 bits per heavy atom. The van der Waals surface area contributed by atoms with Gasteiger partial charge in [0.25, 0.3) is 0 Å². The third-order valence-electron chi connectivity index (χ3n) is 11.1. The summed E-state index contributed by atoms with van der Waals surface area (Å²) in [5.74, 6) is 1.76. The van der Waals surface area contributed by atoms with Gasteiger partial charge in [0.05, 0.1) is 15.7 Å². The quantitative estimate of drug-likeness (QED) is 0.176. The van der Waals surface area contributed by atoms with Crippen LogP contribution in [0.15, 0.2) is 186 Å². The van der Waals surface area contributed by atoms with Crippen LogP contribution >= 0.6 is 11.3 Å². The molecule has 4 heterocycles. The molecule has 0 unspecified atom stereocenters. The SMILES string of the molecule is c1ccc(-c2cccc(-c3cccc(-c4nc(-c5ccc6oc7ccccc7c6c5)nc(-n5c6ccccc6c6ccc7c8ccccc8sc7c65)n4)c3)c2)cc1. The van der Waals surface area contributed by atoms with Crippen LogP contribution in [0.25, 0.3) is 115 Å². The molecule has 12 aromatic rings. The Labute approximate surface area is 330 Å². The molecule has 8 aromatic carbocycles. The fourth-order valence-corrected chi connectivity index (χ4v) is 9.61. The first-order valence-electron chi connectivity index (χ1n) is 19.0. The monoisotopic (exact) mass is 746 g/mol. The highest BCUT2D eigenvalue weighted by Gasteiger charge is 2.22. The Morgan fingerprint density at radius 2 is 0.982 bits per heavy atom. The van der Waals surface area contributed by atoms with Crippen molar-refractivity contribution in [2.24, 2.45) is 0 Å². The van der Waals surface area contributed by atoms with Gasteiger partial charge in [0, 0.05) is 48.1 Å². The van der Waals surface area contributed by atoms with Crippen molar-refractivity contribution in [3.8, 4) is 51.0 Å². The third kappa shape index (κ3) is 5.12. The van der Waals surface area contributed by atoms with Crippen molar-refractivity contribution in [1.82, 2.24) is 19.5 Å². The summed E-state index contributed by atoms with van der Waals surface area (Å²) in [7, 11) is 0. The second kappa shape index (κ2) is 12.6. The van der Waals surface area contributed by atoms with Gasteiger partial charge < -0.3 is 4.42 Å². The maximum absolute atomic E-state index is 6.22. The Balaban J connectivity index is 1.11. The lowest BCUT2D eigenvalue weighted by molar-refractivity contribution is 0.669. The number of rotatable bonds is 5. The van der Waals surface area contributed by atoms with Crippen molar-refractivity contribution in [3.63, 3.8) is 0 Å². The van der Waals surface area contributed by atoms with Crippen LogP contribution in [0.4, 0.5) is 0 Å². The molecule has 0 aliphatic carbocycles. The fraction of sp³-hybridized carbons (Fsp3) is 0. The lowest BCUT2D eigenvalue weighted by Gasteiger charge is -2.12.